The van der Waals surface area contributed by atoms with E-state index >= 15 is 0 Å². The molecule has 1 fully saturated rings. The highest BCUT2D eigenvalue weighted by molar-refractivity contribution is 5.85. The Balaban J connectivity index is 0.000000902. The van der Waals surface area contributed by atoms with Crippen molar-refractivity contribution in [3.63, 3.8) is 0 Å². The molecule has 2 aromatic heterocycles. The third-order valence-electron chi connectivity index (χ3n) is 3.49. The molecule has 0 aromatic carbocycles. The topological polar surface area (TPSA) is 37.8 Å². The number of pyridine rings is 2. The lowest BCUT2D eigenvalue weighted by atomic mass is 10.0. The van der Waals surface area contributed by atoms with E-state index in [1.807, 2.05) is 6.07 Å². The molecule has 1 N–H and O–H groups in total. The molecule has 5 heteroatoms. The first-order valence-corrected chi connectivity index (χ1v) is 6.33. The molecule has 19 heavy (non-hydrogen) atoms. The van der Waals surface area contributed by atoms with Crippen LogP contribution in [0, 0.1) is 5.92 Å². The SMILES string of the molecule is Cl.Cl.c1cnc2nc(CC[C@@H]3CCNC3)ccc2c1. The Bertz CT molecular complexity index is 513. The fourth-order valence-corrected chi connectivity index (χ4v) is 2.44. The molecule has 2 aromatic rings. The van der Waals surface area contributed by atoms with Crippen LogP contribution >= 0.6 is 24.8 Å². The van der Waals surface area contributed by atoms with Crippen molar-refractivity contribution in [3.05, 3.63) is 36.2 Å². The fraction of sp³-hybridized carbons (Fsp3) is 0.429. The number of aromatic nitrogens is 2. The maximum absolute atomic E-state index is 4.60. The van der Waals surface area contributed by atoms with Crippen LogP contribution < -0.4 is 5.32 Å². The van der Waals surface area contributed by atoms with Crippen molar-refractivity contribution in [1.29, 1.82) is 0 Å². The summed E-state index contributed by atoms with van der Waals surface area (Å²) >= 11 is 0. The van der Waals surface area contributed by atoms with Crippen LogP contribution in [0.15, 0.2) is 30.5 Å². The second-order valence-electron chi connectivity index (χ2n) is 4.75. The van der Waals surface area contributed by atoms with Crippen molar-refractivity contribution in [1.82, 2.24) is 15.3 Å². The quantitative estimate of drug-likeness (QED) is 0.947. The molecule has 0 amide bonds. The molecule has 3 nitrogen and oxygen atoms in total. The largest absolute Gasteiger partial charge is 0.316 e. The summed E-state index contributed by atoms with van der Waals surface area (Å²) in [7, 11) is 0. The average Bonchev–Trinajstić information content (AvgIpc) is 2.89. The molecule has 1 atom stereocenters. The number of aryl methyl sites for hydroxylation is 1. The first kappa shape index (κ1) is 16.2. The van der Waals surface area contributed by atoms with Gasteiger partial charge in [-0.1, -0.05) is 0 Å². The van der Waals surface area contributed by atoms with Gasteiger partial charge in [0.2, 0.25) is 0 Å². The lowest BCUT2D eigenvalue weighted by Gasteiger charge is -2.07. The van der Waals surface area contributed by atoms with E-state index in [0.29, 0.717) is 0 Å². The Morgan fingerprint density at radius 1 is 1.21 bits per heavy atom. The summed E-state index contributed by atoms with van der Waals surface area (Å²) in [4.78, 5) is 8.90. The molecule has 1 aliphatic heterocycles. The number of rotatable bonds is 3. The molecular weight excluding hydrogens is 281 g/mol. The standard InChI is InChI=1S/C14H17N3.2ClH/c1-2-12-4-6-13(17-14(12)16-8-1)5-3-11-7-9-15-10-11;;/h1-2,4,6,8,11,15H,3,5,7,9-10H2;2*1H/t11-;;/m1../s1. The zero-order valence-electron chi connectivity index (χ0n) is 10.7. The van der Waals surface area contributed by atoms with Gasteiger partial charge in [0.15, 0.2) is 5.65 Å². The number of halogens is 2. The van der Waals surface area contributed by atoms with Crippen LogP contribution in [0.1, 0.15) is 18.5 Å². The van der Waals surface area contributed by atoms with Gasteiger partial charge in [-0.2, -0.15) is 0 Å². The monoisotopic (exact) mass is 299 g/mol. The van der Waals surface area contributed by atoms with E-state index in [2.05, 4.69) is 33.5 Å². The number of nitrogens with one attached hydrogen (secondary N) is 1. The normalized spacial score (nSPS) is 17.8. The highest BCUT2D eigenvalue weighted by Gasteiger charge is 2.14. The molecule has 0 bridgehead atoms. The van der Waals surface area contributed by atoms with E-state index in [4.69, 9.17) is 0 Å². The van der Waals surface area contributed by atoms with Crippen LogP contribution in [-0.4, -0.2) is 23.1 Å². The molecule has 0 radical (unpaired) electrons. The van der Waals surface area contributed by atoms with Crippen molar-refractivity contribution in [2.75, 3.05) is 13.1 Å². The Hall–Kier alpha value is -0.900. The zero-order chi connectivity index (χ0) is 11.5. The molecule has 0 unspecified atom stereocenters. The summed E-state index contributed by atoms with van der Waals surface area (Å²) in [5.74, 6) is 0.830. The molecule has 1 aliphatic rings. The summed E-state index contributed by atoms with van der Waals surface area (Å²) in [6, 6.07) is 8.26. The molecule has 0 aliphatic carbocycles. The van der Waals surface area contributed by atoms with Crippen molar-refractivity contribution in [2.45, 2.75) is 19.3 Å². The Morgan fingerprint density at radius 2 is 2.11 bits per heavy atom. The third kappa shape index (κ3) is 4.03. The number of nitrogens with zero attached hydrogens (tertiary/aromatic N) is 2. The van der Waals surface area contributed by atoms with Crippen LogP contribution in [0.5, 0.6) is 0 Å². The van der Waals surface area contributed by atoms with Gasteiger partial charge in [0, 0.05) is 17.3 Å². The minimum atomic E-state index is 0. The van der Waals surface area contributed by atoms with Crippen molar-refractivity contribution >= 4 is 35.8 Å². The molecule has 0 spiro atoms. The smallest absolute Gasteiger partial charge is 0.159 e. The van der Waals surface area contributed by atoms with Crippen LogP contribution in [0.3, 0.4) is 0 Å². The highest BCUT2D eigenvalue weighted by Crippen LogP contribution is 2.16. The lowest BCUT2D eigenvalue weighted by Crippen LogP contribution is -2.09. The molecule has 104 valence electrons. The van der Waals surface area contributed by atoms with Crippen molar-refractivity contribution in [2.24, 2.45) is 5.92 Å². The first-order valence-electron chi connectivity index (χ1n) is 6.33. The van der Waals surface area contributed by atoms with Gasteiger partial charge in [-0.05, 0) is 62.5 Å². The maximum Gasteiger partial charge on any atom is 0.159 e. The van der Waals surface area contributed by atoms with Gasteiger partial charge < -0.3 is 5.32 Å². The molecule has 3 heterocycles. The zero-order valence-corrected chi connectivity index (χ0v) is 12.3. The fourth-order valence-electron chi connectivity index (χ4n) is 2.44. The van der Waals surface area contributed by atoms with Gasteiger partial charge in [0.1, 0.15) is 0 Å². The minimum Gasteiger partial charge on any atom is -0.316 e. The molecule has 3 rings (SSSR count). The van der Waals surface area contributed by atoms with Gasteiger partial charge in [0.05, 0.1) is 0 Å². The summed E-state index contributed by atoms with van der Waals surface area (Å²) in [5, 5.41) is 4.53. The lowest BCUT2D eigenvalue weighted by molar-refractivity contribution is 0.529. The van der Waals surface area contributed by atoms with E-state index in [1.54, 1.807) is 6.20 Å². The first-order chi connectivity index (χ1) is 8.42. The van der Waals surface area contributed by atoms with Crippen molar-refractivity contribution in [3.8, 4) is 0 Å². The van der Waals surface area contributed by atoms with Crippen LogP contribution in [0.2, 0.25) is 0 Å². The second kappa shape index (κ2) is 7.63. The predicted molar refractivity (Wildman–Crippen MR) is 83.3 cm³/mol. The Kier molecular flexibility index (Phi) is 6.49. The van der Waals surface area contributed by atoms with Gasteiger partial charge in [-0.25, -0.2) is 9.97 Å². The molecular formula is C14H19Cl2N3. The number of hydrogen-bond donors (Lipinski definition) is 1. The molecule has 1 saturated heterocycles. The summed E-state index contributed by atoms with van der Waals surface area (Å²) < 4.78 is 0. The van der Waals surface area contributed by atoms with Gasteiger partial charge >= 0.3 is 0 Å². The highest BCUT2D eigenvalue weighted by atomic mass is 35.5. The van der Waals surface area contributed by atoms with Crippen LogP contribution in [0.25, 0.3) is 11.0 Å². The van der Waals surface area contributed by atoms with Gasteiger partial charge in [-0.3, -0.25) is 0 Å². The molecule has 0 saturated carbocycles. The summed E-state index contributed by atoms with van der Waals surface area (Å²) in [5.41, 5.74) is 2.04. The van der Waals surface area contributed by atoms with Crippen LogP contribution in [-0.2, 0) is 6.42 Å². The minimum absolute atomic E-state index is 0. The van der Waals surface area contributed by atoms with Gasteiger partial charge in [-0.15, -0.1) is 24.8 Å². The Morgan fingerprint density at radius 3 is 2.89 bits per heavy atom. The average molecular weight is 300 g/mol. The van der Waals surface area contributed by atoms with E-state index in [9.17, 15) is 0 Å². The van der Waals surface area contributed by atoms with Gasteiger partial charge in [0.25, 0.3) is 0 Å². The van der Waals surface area contributed by atoms with E-state index in [-0.39, 0.29) is 24.8 Å². The summed E-state index contributed by atoms with van der Waals surface area (Å²) in [6.45, 7) is 2.35. The summed E-state index contributed by atoms with van der Waals surface area (Å²) in [6.07, 6.45) is 5.42. The van der Waals surface area contributed by atoms with Crippen molar-refractivity contribution < 1.29 is 0 Å². The Labute approximate surface area is 126 Å². The van der Waals surface area contributed by atoms with E-state index in [0.717, 1.165) is 23.4 Å². The van der Waals surface area contributed by atoms with E-state index < -0.39 is 0 Å². The number of hydrogen-bond acceptors (Lipinski definition) is 3. The third-order valence-corrected chi connectivity index (χ3v) is 3.49. The van der Waals surface area contributed by atoms with Crippen LogP contribution in [0.4, 0.5) is 0 Å². The predicted octanol–water partition coefficient (Wildman–Crippen LogP) is 3.02. The maximum atomic E-state index is 4.60. The van der Waals surface area contributed by atoms with E-state index in [1.165, 1.54) is 31.6 Å². The number of fused-ring (bicyclic) bond motifs is 1. The second-order valence-corrected chi connectivity index (χ2v) is 4.75.